The van der Waals surface area contributed by atoms with E-state index in [1.165, 1.54) is 57.9 Å². The van der Waals surface area contributed by atoms with Crippen molar-refractivity contribution >= 4 is 17.8 Å². The number of nitro groups is 1. The molecule has 0 aliphatic carbocycles. The number of benzene rings is 3. The van der Waals surface area contributed by atoms with E-state index in [-0.39, 0.29) is 16.9 Å². The van der Waals surface area contributed by atoms with Gasteiger partial charge in [0, 0.05) is 17.2 Å². The molecule has 194 valence electrons. The van der Waals surface area contributed by atoms with E-state index in [1.54, 1.807) is 6.07 Å². The van der Waals surface area contributed by atoms with Gasteiger partial charge in [0.2, 0.25) is 5.75 Å². The lowest BCUT2D eigenvalue weighted by Gasteiger charge is -2.12. The van der Waals surface area contributed by atoms with Gasteiger partial charge < -0.3 is 18.9 Å². The largest absolute Gasteiger partial charge is 0.497 e. The molecule has 3 rings (SSSR count). The summed E-state index contributed by atoms with van der Waals surface area (Å²) >= 11 is 0. The van der Waals surface area contributed by atoms with Gasteiger partial charge in [-0.2, -0.15) is 18.3 Å². The van der Waals surface area contributed by atoms with Crippen molar-refractivity contribution in [2.24, 2.45) is 5.10 Å². The van der Waals surface area contributed by atoms with Gasteiger partial charge in [-0.25, -0.2) is 5.43 Å². The van der Waals surface area contributed by atoms with Crippen molar-refractivity contribution in [3.63, 3.8) is 0 Å². The molecule has 0 aliphatic rings. The molecule has 3 aromatic carbocycles. The van der Waals surface area contributed by atoms with Gasteiger partial charge in [0.05, 0.1) is 38.0 Å². The summed E-state index contributed by atoms with van der Waals surface area (Å²) in [5.74, 6) is 0.127. The zero-order valence-electron chi connectivity index (χ0n) is 19.7. The van der Waals surface area contributed by atoms with E-state index >= 15 is 0 Å². The van der Waals surface area contributed by atoms with Crippen LogP contribution in [0.25, 0.3) is 0 Å². The molecule has 13 heteroatoms. The lowest BCUT2D eigenvalue weighted by atomic mass is 10.1. The number of rotatable bonds is 9. The number of nitro benzene ring substituents is 1. The lowest BCUT2D eigenvalue weighted by molar-refractivity contribution is -0.385. The topological polar surface area (TPSA) is 122 Å². The lowest BCUT2D eigenvalue weighted by Crippen LogP contribution is -2.17. The molecule has 10 nitrogen and oxygen atoms in total. The molecule has 1 amide bonds. The third kappa shape index (κ3) is 6.45. The molecule has 0 aliphatic heterocycles. The van der Waals surface area contributed by atoms with Crippen LogP contribution in [0.5, 0.6) is 28.7 Å². The standard InChI is InChI=1S/C24H20F3N3O7/c1-34-17-6-9-19(37-20-8-5-16(24(25,26)27)12-18(20)30(32)33)15(10-17)13-28-29-23(31)14-4-7-21(35-2)22(11-14)36-3/h4-13H,1-3H3,(H,29,31)/b28-13-. The Morgan fingerprint density at radius 3 is 2.22 bits per heavy atom. The number of nitrogens with zero attached hydrogens (tertiary/aromatic N) is 2. The average Bonchev–Trinajstić information content (AvgIpc) is 2.88. The monoisotopic (exact) mass is 519 g/mol. The Bertz CT molecular complexity index is 1340. The zero-order chi connectivity index (χ0) is 27.2. The van der Waals surface area contributed by atoms with Crippen LogP contribution in [-0.2, 0) is 6.18 Å². The second-order valence-electron chi connectivity index (χ2n) is 7.21. The van der Waals surface area contributed by atoms with Crippen molar-refractivity contribution in [2.45, 2.75) is 6.18 Å². The van der Waals surface area contributed by atoms with Crippen LogP contribution in [0.2, 0.25) is 0 Å². The van der Waals surface area contributed by atoms with Crippen LogP contribution < -0.4 is 24.4 Å². The van der Waals surface area contributed by atoms with Crippen LogP contribution in [-0.4, -0.2) is 38.4 Å². The first-order valence-corrected chi connectivity index (χ1v) is 10.3. The van der Waals surface area contributed by atoms with Gasteiger partial charge in [-0.3, -0.25) is 14.9 Å². The molecule has 0 heterocycles. The Kier molecular flexibility index (Phi) is 8.17. The number of nitrogens with one attached hydrogen (secondary N) is 1. The third-order valence-electron chi connectivity index (χ3n) is 4.94. The van der Waals surface area contributed by atoms with Crippen LogP contribution in [0.1, 0.15) is 21.5 Å². The summed E-state index contributed by atoms with van der Waals surface area (Å²) in [4.78, 5) is 22.9. The maximum atomic E-state index is 13.0. The minimum Gasteiger partial charge on any atom is -0.497 e. The average molecular weight is 519 g/mol. The number of hydrogen-bond donors (Lipinski definition) is 1. The minimum atomic E-state index is -4.77. The number of ether oxygens (including phenoxy) is 4. The predicted molar refractivity (Wildman–Crippen MR) is 126 cm³/mol. The van der Waals surface area contributed by atoms with Crippen molar-refractivity contribution in [2.75, 3.05) is 21.3 Å². The first-order valence-electron chi connectivity index (χ1n) is 10.3. The SMILES string of the molecule is COc1ccc(Oc2ccc(C(F)(F)F)cc2[N+](=O)[O-])c(/C=N\NC(=O)c2ccc(OC)c(OC)c2)c1. The highest BCUT2D eigenvalue weighted by Crippen LogP contribution is 2.38. The summed E-state index contributed by atoms with van der Waals surface area (Å²) in [6.45, 7) is 0. The van der Waals surface area contributed by atoms with Gasteiger partial charge in [0.25, 0.3) is 5.91 Å². The first-order chi connectivity index (χ1) is 17.6. The summed E-state index contributed by atoms with van der Waals surface area (Å²) in [5, 5.41) is 15.3. The third-order valence-corrected chi connectivity index (χ3v) is 4.94. The van der Waals surface area contributed by atoms with Crippen LogP contribution in [0, 0.1) is 10.1 Å². The van der Waals surface area contributed by atoms with Gasteiger partial charge in [-0.05, 0) is 48.5 Å². The quantitative estimate of drug-likeness (QED) is 0.234. The Labute approximate surface area is 208 Å². The summed E-state index contributed by atoms with van der Waals surface area (Å²) < 4.78 is 60.0. The van der Waals surface area contributed by atoms with Crippen LogP contribution >= 0.6 is 0 Å². The van der Waals surface area contributed by atoms with Gasteiger partial charge in [-0.1, -0.05) is 0 Å². The molecule has 0 bridgehead atoms. The molecule has 3 aromatic rings. The van der Waals surface area contributed by atoms with E-state index in [0.29, 0.717) is 29.4 Å². The maximum absolute atomic E-state index is 13.0. The highest BCUT2D eigenvalue weighted by Gasteiger charge is 2.33. The fourth-order valence-electron chi connectivity index (χ4n) is 3.09. The number of hydrazone groups is 1. The van der Waals surface area contributed by atoms with E-state index < -0.39 is 34.0 Å². The normalized spacial score (nSPS) is 11.2. The fourth-order valence-corrected chi connectivity index (χ4v) is 3.09. The van der Waals surface area contributed by atoms with Crippen molar-refractivity contribution in [1.29, 1.82) is 0 Å². The molecule has 0 unspecified atom stereocenters. The summed E-state index contributed by atoms with van der Waals surface area (Å²) in [6.07, 6.45) is -3.58. The van der Waals surface area contributed by atoms with Gasteiger partial charge >= 0.3 is 11.9 Å². The van der Waals surface area contributed by atoms with E-state index in [2.05, 4.69) is 10.5 Å². The molecular formula is C24H20F3N3O7. The van der Waals surface area contributed by atoms with Crippen LogP contribution in [0.4, 0.5) is 18.9 Å². The summed E-state index contributed by atoms with van der Waals surface area (Å²) in [6, 6.07) is 10.7. The number of methoxy groups -OCH3 is 3. The smallest absolute Gasteiger partial charge is 0.416 e. The predicted octanol–water partition coefficient (Wildman–Crippen LogP) is 5.20. The molecular weight excluding hydrogens is 499 g/mol. The molecule has 1 N–H and O–H groups in total. The van der Waals surface area contributed by atoms with Crippen molar-refractivity contribution < 1.29 is 41.8 Å². The highest BCUT2D eigenvalue weighted by atomic mass is 19.4. The number of halogens is 3. The second-order valence-corrected chi connectivity index (χ2v) is 7.21. The van der Waals surface area contributed by atoms with Crippen LogP contribution in [0.3, 0.4) is 0 Å². The van der Waals surface area contributed by atoms with Gasteiger partial charge in [-0.15, -0.1) is 0 Å². The molecule has 0 radical (unpaired) electrons. The number of hydrogen-bond acceptors (Lipinski definition) is 8. The van der Waals surface area contributed by atoms with E-state index in [0.717, 1.165) is 6.07 Å². The Morgan fingerprint density at radius 1 is 0.919 bits per heavy atom. The molecule has 0 spiro atoms. The number of amides is 1. The van der Waals surface area contributed by atoms with E-state index in [1.807, 2.05) is 0 Å². The van der Waals surface area contributed by atoms with E-state index in [9.17, 15) is 28.1 Å². The fraction of sp³-hybridized carbons (Fsp3) is 0.167. The Balaban J connectivity index is 1.88. The highest BCUT2D eigenvalue weighted by molar-refractivity contribution is 5.95. The van der Waals surface area contributed by atoms with Gasteiger partial charge in [0.15, 0.2) is 11.5 Å². The molecule has 37 heavy (non-hydrogen) atoms. The number of carbonyl (C=O) groups is 1. The molecule has 0 aromatic heterocycles. The maximum Gasteiger partial charge on any atom is 0.416 e. The van der Waals surface area contributed by atoms with Crippen LogP contribution in [0.15, 0.2) is 59.7 Å². The van der Waals surface area contributed by atoms with E-state index in [4.69, 9.17) is 18.9 Å². The van der Waals surface area contributed by atoms with Gasteiger partial charge in [0.1, 0.15) is 11.5 Å². The minimum absolute atomic E-state index is 0.00720. The Morgan fingerprint density at radius 2 is 1.59 bits per heavy atom. The first kappa shape index (κ1) is 26.8. The molecule has 0 saturated carbocycles. The summed E-state index contributed by atoms with van der Waals surface area (Å²) in [7, 11) is 4.27. The summed E-state index contributed by atoms with van der Waals surface area (Å²) in [5.41, 5.74) is 0.679. The Hall–Kier alpha value is -4.81. The zero-order valence-corrected chi connectivity index (χ0v) is 19.7. The van der Waals surface area contributed by atoms with Crippen molar-refractivity contribution in [1.82, 2.24) is 5.43 Å². The molecule has 0 saturated heterocycles. The van der Waals surface area contributed by atoms with Crippen molar-refractivity contribution in [3.05, 3.63) is 81.4 Å². The number of carbonyl (C=O) groups excluding carboxylic acids is 1. The molecule has 0 fully saturated rings. The molecule has 0 atom stereocenters. The number of alkyl halides is 3. The second kappa shape index (κ2) is 11.3. The van der Waals surface area contributed by atoms with Crippen molar-refractivity contribution in [3.8, 4) is 28.7 Å².